The Hall–Kier alpha value is -3.92. The Kier molecular flexibility index (Phi) is 11.6. The number of aromatic hydroxyl groups is 4. The maximum Gasteiger partial charge on any atom is 0.123 e. The minimum absolute atomic E-state index is 0.240. The zero-order valence-electron chi connectivity index (χ0n) is 37.5. The second-order valence-corrected chi connectivity index (χ2v) is 22.3. The molecule has 0 saturated carbocycles. The van der Waals surface area contributed by atoms with Crippen molar-refractivity contribution in [2.24, 2.45) is 0 Å². The van der Waals surface area contributed by atoms with E-state index in [-0.39, 0.29) is 38.2 Å². The van der Waals surface area contributed by atoms with Gasteiger partial charge in [0.25, 0.3) is 0 Å². The molecule has 0 bridgehead atoms. The quantitative estimate of drug-likeness (QED) is 0.158. The zero-order valence-corrected chi connectivity index (χ0v) is 37.5. The molecule has 0 aliphatic heterocycles. The summed E-state index contributed by atoms with van der Waals surface area (Å²) in [5.74, 6) is 1.29. The third kappa shape index (κ3) is 9.73. The number of hydrogen-bond donors (Lipinski definition) is 4. The van der Waals surface area contributed by atoms with Gasteiger partial charge in [-0.1, -0.05) is 167 Å². The molecule has 0 spiro atoms. The highest BCUT2D eigenvalue weighted by Crippen LogP contribution is 2.44. The summed E-state index contributed by atoms with van der Waals surface area (Å²) in [5, 5.41) is 46.6. The lowest BCUT2D eigenvalue weighted by Gasteiger charge is -2.29. The first-order valence-electron chi connectivity index (χ1n) is 20.1. The standard InChI is InChI=1S/C51H72O4/c1-46(2,3)36-24-30(25-37(43(36)53)47(4,5)6)21-33-19-20-42(52)35(23-32-28-40(50(13,14)15)45(55)41(29-32)51(16,17)18)34(33)22-31-26-38(48(7,8)9)44(54)39(27-31)49(10,11)12/h19-20,24-29,52-55H,21-23H2,1-18H3. The lowest BCUT2D eigenvalue weighted by atomic mass is 9.76. The van der Waals surface area contributed by atoms with Gasteiger partial charge in [-0.2, -0.15) is 0 Å². The minimum Gasteiger partial charge on any atom is -0.508 e. The Labute approximate surface area is 334 Å². The minimum atomic E-state index is -0.292. The summed E-state index contributed by atoms with van der Waals surface area (Å²) in [7, 11) is 0. The van der Waals surface area contributed by atoms with E-state index in [0.29, 0.717) is 36.5 Å². The highest BCUT2D eigenvalue weighted by Gasteiger charge is 2.31. The van der Waals surface area contributed by atoms with Crippen LogP contribution in [-0.4, -0.2) is 20.4 Å². The van der Waals surface area contributed by atoms with Crippen molar-refractivity contribution < 1.29 is 20.4 Å². The SMILES string of the molecule is CC(C)(C)c1cc(Cc2ccc(O)c(Cc3cc(C(C)(C)C)c(O)c(C(C)(C)C)c3)c2Cc2cc(C(C)(C)C)c(O)c(C(C)(C)C)c2)cc(C(C)(C)C)c1O. The third-order valence-corrected chi connectivity index (χ3v) is 11.0. The molecule has 0 amide bonds. The van der Waals surface area contributed by atoms with E-state index in [4.69, 9.17) is 0 Å². The van der Waals surface area contributed by atoms with Gasteiger partial charge in [0.2, 0.25) is 0 Å². The fourth-order valence-corrected chi connectivity index (χ4v) is 7.76. The molecular weight excluding hydrogens is 677 g/mol. The monoisotopic (exact) mass is 749 g/mol. The fraction of sp³-hybridized carbons (Fsp3) is 0.529. The normalized spacial score (nSPS) is 13.4. The molecule has 4 aromatic carbocycles. The Balaban J connectivity index is 2.08. The number of phenols is 4. The molecule has 4 nitrogen and oxygen atoms in total. The lowest BCUT2D eigenvalue weighted by molar-refractivity contribution is 0.421. The van der Waals surface area contributed by atoms with Crippen LogP contribution in [0.2, 0.25) is 0 Å². The third-order valence-electron chi connectivity index (χ3n) is 11.0. The van der Waals surface area contributed by atoms with Crippen LogP contribution in [0.3, 0.4) is 0 Å². The van der Waals surface area contributed by atoms with Gasteiger partial charge in [-0.25, -0.2) is 0 Å². The average molecular weight is 749 g/mol. The molecule has 4 aromatic rings. The van der Waals surface area contributed by atoms with Gasteiger partial charge >= 0.3 is 0 Å². The highest BCUT2D eigenvalue weighted by atomic mass is 16.3. The zero-order chi connectivity index (χ0) is 42.0. The van der Waals surface area contributed by atoms with E-state index in [0.717, 1.165) is 66.8 Å². The van der Waals surface area contributed by atoms with Crippen molar-refractivity contribution in [1.29, 1.82) is 0 Å². The van der Waals surface area contributed by atoms with Crippen molar-refractivity contribution in [1.82, 2.24) is 0 Å². The summed E-state index contributed by atoms with van der Waals surface area (Å²) < 4.78 is 0. The van der Waals surface area contributed by atoms with Gasteiger partial charge in [0, 0.05) is 12.0 Å². The van der Waals surface area contributed by atoms with Crippen LogP contribution >= 0.6 is 0 Å². The number of phenolic OH excluding ortho intramolecular Hbond substituents is 4. The second-order valence-electron chi connectivity index (χ2n) is 22.3. The van der Waals surface area contributed by atoms with Crippen LogP contribution in [0.4, 0.5) is 0 Å². The molecule has 4 rings (SSSR count). The molecule has 0 unspecified atom stereocenters. The predicted octanol–water partition coefficient (Wildman–Crippen LogP) is 13.1. The van der Waals surface area contributed by atoms with Crippen LogP contribution in [0, 0.1) is 0 Å². The van der Waals surface area contributed by atoms with Gasteiger partial charge in [0.15, 0.2) is 0 Å². The van der Waals surface area contributed by atoms with E-state index in [1.54, 1.807) is 0 Å². The molecule has 0 aliphatic rings. The summed E-state index contributed by atoms with van der Waals surface area (Å²) in [5.41, 5.74) is 9.98. The van der Waals surface area contributed by atoms with Gasteiger partial charge in [-0.3, -0.25) is 0 Å². The Bertz CT molecular complexity index is 1950. The summed E-state index contributed by atoms with van der Waals surface area (Å²) >= 11 is 0. The molecule has 300 valence electrons. The van der Waals surface area contributed by atoms with Crippen molar-refractivity contribution in [2.75, 3.05) is 0 Å². The Morgan fingerprint density at radius 3 is 0.818 bits per heavy atom. The van der Waals surface area contributed by atoms with E-state index in [1.165, 1.54) is 0 Å². The van der Waals surface area contributed by atoms with Crippen molar-refractivity contribution >= 4 is 0 Å². The number of benzene rings is 4. The topological polar surface area (TPSA) is 80.9 Å². The first-order chi connectivity index (χ1) is 24.7. The maximum absolute atomic E-state index is 11.9. The first-order valence-corrected chi connectivity index (χ1v) is 20.1. The number of rotatable bonds is 6. The van der Waals surface area contributed by atoms with Crippen molar-refractivity contribution in [3.8, 4) is 23.0 Å². The smallest absolute Gasteiger partial charge is 0.123 e. The molecular formula is C51H72O4. The second kappa shape index (κ2) is 14.5. The summed E-state index contributed by atoms with van der Waals surface area (Å²) in [6.45, 7) is 38.4. The van der Waals surface area contributed by atoms with Gasteiger partial charge in [-0.15, -0.1) is 0 Å². The maximum atomic E-state index is 11.9. The van der Waals surface area contributed by atoms with Crippen LogP contribution in [0.25, 0.3) is 0 Å². The highest BCUT2D eigenvalue weighted by molar-refractivity contribution is 5.57. The van der Waals surface area contributed by atoms with Crippen molar-refractivity contribution in [2.45, 2.75) is 176 Å². The van der Waals surface area contributed by atoms with E-state index in [2.05, 4.69) is 167 Å². The lowest BCUT2D eigenvalue weighted by Crippen LogP contribution is -2.19. The summed E-state index contributed by atoms with van der Waals surface area (Å²) in [6.07, 6.45) is 1.65. The van der Waals surface area contributed by atoms with Crippen molar-refractivity contribution in [3.05, 3.63) is 115 Å². The largest absolute Gasteiger partial charge is 0.508 e. The van der Waals surface area contributed by atoms with Crippen LogP contribution in [-0.2, 0) is 51.8 Å². The van der Waals surface area contributed by atoms with Crippen LogP contribution in [0.1, 0.15) is 191 Å². The fourth-order valence-electron chi connectivity index (χ4n) is 7.76. The van der Waals surface area contributed by atoms with Crippen LogP contribution in [0.15, 0.2) is 48.5 Å². The number of hydrogen-bond acceptors (Lipinski definition) is 4. The first kappa shape index (κ1) is 43.8. The van der Waals surface area contributed by atoms with E-state index in [9.17, 15) is 20.4 Å². The van der Waals surface area contributed by atoms with E-state index >= 15 is 0 Å². The molecule has 0 saturated heterocycles. The Morgan fingerprint density at radius 2 is 0.564 bits per heavy atom. The van der Waals surface area contributed by atoms with E-state index < -0.39 is 0 Å². The molecule has 55 heavy (non-hydrogen) atoms. The molecule has 0 fully saturated rings. The van der Waals surface area contributed by atoms with Crippen LogP contribution in [0.5, 0.6) is 23.0 Å². The molecule has 0 aliphatic carbocycles. The van der Waals surface area contributed by atoms with E-state index in [1.807, 2.05) is 6.07 Å². The molecule has 0 aromatic heterocycles. The molecule has 4 N–H and O–H groups in total. The average Bonchev–Trinajstić information content (AvgIpc) is 2.98. The summed E-state index contributed by atoms with van der Waals surface area (Å²) in [6, 6.07) is 16.7. The molecule has 0 atom stereocenters. The van der Waals surface area contributed by atoms with Gasteiger partial charge in [-0.05, 0) is 113 Å². The van der Waals surface area contributed by atoms with Gasteiger partial charge in [0.1, 0.15) is 23.0 Å². The van der Waals surface area contributed by atoms with Crippen LogP contribution < -0.4 is 0 Å². The summed E-state index contributed by atoms with van der Waals surface area (Å²) in [4.78, 5) is 0. The van der Waals surface area contributed by atoms with Gasteiger partial charge in [0.05, 0.1) is 0 Å². The van der Waals surface area contributed by atoms with Crippen molar-refractivity contribution in [3.63, 3.8) is 0 Å². The van der Waals surface area contributed by atoms with Gasteiger partial charge < -0.3 is 20.4 Å². The molecule has 4 heteroatoms. The molecule has 0 heterocycles. The Morgan fingerprint density at radius 1 is 0.327 bits per heavy atom. The predicted molar refractivity (Wildman–Crippen MR) is 233 cm³/mol. The molecule has 0 radical (unpaired) electrons.